The lowest BCUT2D eigenvalue weighted by molar-refractivity contribution is -0.192. The Morgan fingerprint density at radius 1 is 1.30 bits per heavy atom. The predicted octanol–water partition coefficient (Wildman–Crippen LogP) is -0.364. The van der Waals surface area contributed by atoms with Gasteiger partial charge in [0.15, 0.2) is 22.7 Å². The number of anilines is 1. The smallest absolute Gasteiger partial charge is 0.352 e. The molecule has 20 heteroatoms. The maximum absolute atomic E-state index is 13.7. The minimum Gasteiger partial charge on any atom is -0.504 e. The van der Waals surface area contributed by atoms with Crippen LogP contribution in [0.1, 0.15) is 22.1 Å². The molecule has 7 N–H and O–H groups in total. The van der Waals surface area contributed by atoms with Crippen LogP contribution in [-0.2, 0) is 26.2 Å². The van der Waals surface area contributed by atoms with Gasteiger partial charge in [0.05, 0.1) is 5.69 Å². The van der Waals surface area contributed by atoms with E-state index in [0.29, 0.717) is 10.7 Å². The summed E-state index contributed by atoms with van der Waals surface area (Å²) in [5.41, 5.74) is 3.99. The lowest BCUT2D eigenvalue weighted by Crippen LogP contribution is -2.81. The molecular formula is C23H23N9O8S3. The summed E-state index contributed by atoms with van der Waals surface area (Å²) in [4.78, 5) is 57.7. The second-order valence-electron chi connectivity index (χ2n) is 9.12. The Kier molecular flexibility index (Phi) is 8.18. The Morgan fingerprint density at radius 2 is 2.07 bits per heavy atom. The van der Waals surface area contributed by atoms with Gasteiger partial charge in [0.2, 0.25) is 5.16 Å². The number of aromatic hydroxyl groups is 2. The number of carboxylic acids is 1. The molecule has 0 aliphatic carbocycles. The summed E-state index contributed by atoms with van der Waals surface area (Å²) in [6.45, 7) is 0. The molecule has 1 saturated heterocycles. The van der Waals surface area contributed by atoms with Gasteiger partial charge in [-0.05, 0) is 34.2 Å². The van der Waals surface area contributed by atoms with Crippen molar-refractivity contribution in [1.82, 2.24) is 40.7 Å². The number of nitrogens with zero attached hydrogens (tertiary/aromatic N) is 6. The number of aryl methyl sites for hydroxylation is 1. The molecule has 0 saturated carbocycles. The van der Waals surface area contributed by atoms with Gasteiger partial charge in [0.25, 0.3) is 23.4 Å². The number of thioether (sulfide) groups is 2. The van der Waals surface area contributed by atoms with Gasteiger partial charge >= 0.3 is 5.97 Å². The molecule has 0 spiro atoms. The first-order chi connectivity index (χ1) is 20.5. The highest BCUT2D eigenvalue weighted by molar-refractivity contribution is 8.01. The molecule has 1 fully saturated rings. The zero-order valence-corrected chi connectivity index (χ0v) is 24.7. The Balaban J connectivity index is 1.39. The second-order valence-corrected chi connectivity index (χ2v) is 12.0. The zero-order valence-electron chi connectivity index (χ0n) is 22.2. The number of carboxylic acid groups (broad SMARTS) is 1. The Hall–Kier alpha value is -4.40. The Labute approximate surface area is 254 Å². The fourth-order valence-electron chi connectivity index (χ4n) is 4.39. The highest BCUT2D eigenvalue weighted by Gasteiger charge is 2.67. The largest absolute Gasteiger partial charge is 0.504 e. The number of aliphatic carboxylic acids is 1. The predicted molar refractivity (Wildman–Crippen MR) is 152 cm³/mol. The van der Waals surface area contributed by atoms with Crippen molar-refractivity contribution >= 4 is 63.7 Å². The van der Waals surface area contributed by atoms with Crippen LogP contribution in [0, 0.1) is 0 Å². The van der Waals surface area contributed by atoms with E-state index in [4.69, 9.17) is 10.5 Å². The van der Waals surface area contributed by atoms with E-state index in [1.807, 2.05) is 0 Å². The van der Waals surface area contributed by atoms with E-state index in [2.05, 4.69) is 31.1 Å². The number of ether oxygens (including phenoxy) is 1. The van der Waals surface area contributed by atoms with E-state index in [1.54, 1.807) is 7.05 Å². The van der Waals surface area contributed by atoms with Gasteiger partial charge in [-0.15, -0.1) is 28.2 Å². The third-order valence-corrected chi connectivity index (χ3v) is 9.67. The lowest BCUT2D eigenvalue weighted by atomic mass is 9.97. The molecule has 226 valence electrons. The number of carbonyl (C=O) groups is 4. The first kappa shape index (κ1) is 30.1. The highest BCUT2D eigenvalue weighted by atomic mass is 32.2. The summed E-state index contributed by atoms with van der Waals surface area (Å²) in [5.74, 6) is -4.46. The number of nitrogens with two attached hydrogens (primary N) is 1. The van der Waals surface area contributed by atoms with Crippen molar-refractivity contribution in [2.75, 3.05) is 24.3 Å². The monoisotopic (exact) mass is 649 g/mol. The summed E-state index contributed by atoms with van der Waals surface area (Å²) in [5, 5.41) is 46.6. The third kappa shape index (κ3) is 5.44. The quantitative estimate of drug-likeness (QED) is 0.0710. The van der Waals surface area contributed by atoms with Crippen molar-refractivity contribution in [3.05, 3.63) is 46.1 Å². The number of nitrogens with one attached hydrogen (secondary N) is 2. The standard InChI is InChI=1S/C23H23N9O8S3/c1-31-22(28-29-30-31)43-7-10-6-41-20-23(40-2,19(39)32(20)15(10)18(37)38)27-17(36)14(11-8-42-21(24)25-11)26-16(35)9-3-4-12(33)13(34)5-9/h3-5,8,14,20,33-34H,6-7H2,1-2H3,(H2,24,25)(H,26,35)(H,27,36)(H,37,38)/t14?,20-,23-/m0/s1. The molecule has 3 aromatic rings. The molecule has 1 aromatic carbocycles. The number of carbonyl (C=O) groups excluding carboxylic acids is 3. The van der Waals surface area contributed by atoms with Crippen LogP contribution < -0.4 is 16.4 Å². The average Bonchev–Trinajstić information content (AvgIpc) is 3.60. The molecule has 0 radical (unpaired) electrons. The number of hydrogen-bond acceptors (Lipinski definition) is 15. The number of amides is 3. The van der Waals surface area contributed by atoms with Gasteiger partial charge in [0.1, 0.15) is 11.1 Å². The Morgan fingerprint density at radius 3 is 2.67 bits per heavy atom. The SMILES string of the molecule is CO[C@@]1(NC(=O)C(NC(=O)c2ccc(O)c(O)c2)c2csc(N)n2)C(=O)N2C(C(=O)O)=C(CSc3nnnn3C)CS[C@H]21. The Bertz CT molecular complexity index is 1660. The number of methoxy groups -OCH3 is 1. The summed E-state index contributed by atoms with van der Waals surface area (Å²) in [6.07, 6.45) is 0. The van der Waals surface area contributed by atoms with Crippen LogP contribution in [0.15, 0.2) is 40.0 Å². The number of benzene rings is 1. The molecule has 5 rings (SSSR count). The number of β-lactam (4-membered cyclic amide) rings is 1. The maximum atomic E-state index is 13.7. The molecule has 43 heavy (non-hydrogen) atoms. The molecule has 1 unspecified atom stereocenters. The third-order valence-electron chi connectivity index (χ3n) is 6.51. The van der Waals surface area contributed by atoms with Crippen molar-refractivity contribution in [1.29, 1.82) is 0 Å². The first-order valence-corrected chi connectivity index (χ1v) is 15.0. The summed E-state index contributed by atoms with van der Waals surface area (Å²) < 4.78 is 6.95. The number of tetrazole rings is 1. The minimum absolute atomic E-state index is 0.0613. The molecule has 17 nitrogen and oxygen atoms in total. The van der Waals surface area contributed by atoms with Gasteiger partial charge in [-0.2, -0.15) is 0 Å². The molecule has 2 aromatic heterocycles. The molecule has 2 aliphatic rings. The number of aromatic nitrogens is 5. The van der Waals surface area contributed by atoms with Gasteiger partial charge in [-0.1, -0.05) is 11.8 Å². The second kappa shape index (κ2) is 11.7. The van der Waals surface area contributed by atoms with E-state index in [0.717, 1.165) is 28.4 Å². The van der Waals surface area contributed by atoms with E-state index in [-0.39, 0.29) is 33.6 Å². The molecule has 3 amide bonds. The van der Waals surface area contributed by atoms with E-state index >= 15 is 0 Å². The number of phenolic OH excluding ortho intramolecular Hbond substituents is 2. The van der Waals surface area contributed by atoms with Crippen molar-refractivity contribution in [2.24, 2.45) is 7.05 Å². The van der Waals surface area contributed by atoms with Crippen LogP contribution in [0.25, 0.3) is 0 Å². The van der Waals surface area contributed by atoms with E-state index in [9.17, 15) is 34.5 Å². The number of nitrogen functional groups attached to an aromatic ring is 1. The van der Waals surface area contributed by atoms with Crippen LogP contribution in [0.4, 0.5) is 5.13 Å². The molecule has 2 aliphatic heterocycles. The van der Waals surface area contributed by atoms with E-state index in [1.165, 1.54) is 46.8 Å². The summed E-state index contributed by atoms with van der Waals surface area (Å²) in [7, 11) is 2.83. The van der Waals surface area contributed by atoms with Crippen LogP contribution in [0.5, 0.6) is 11.5 Å². The highest BCUT2D eigenvalue weighted by Crippen LogP contribution is 2.47. The van der Waals surface area contributed by atoms with Crippen LogP contribution in [0.2, 0.25) is 0 Å². The van der Waals surface area contributed by atoms with Crippen molar-refractivity contribution < 1.29 is 39.2 Å². The van der Waals surface area contributed by atoms with E-state index < -0.39 is 52.3 Å². The molecule has 4 heterocycles. The van der Waals surface area contributed by atoms with Gasteiger partial charge in [-0.25, -0.2) is 14.5 Å². The normalized spacial score (nSPS) is 20.3. The van der Waals surface area contributed by atoms with Crippen LogP contribution in [-0.4, -0.2) is 98.8 Å². The zero-order chi connectivity index (χ0) is 31.1. The van der Waals surface area contributed by atoms with Crippen LogP contribution in [0.3, 0.4) is 0 Å². The van der Waals surface area contributed by atoms with Gasteiger partial charge in [0, 0.05) is 36.6 Å². The fraction of sp³-hybridized carbons (Fsp3) is 0.304. The van der Waals surface area contributed by atoms with Gasteiger partial charge in [-0.3, -0.25) is 19.3 Å². The topological polar surface area (TPSA) is 248 Å². The maximum Gasteiger partial charge on any atom is 0.352 e. The van der Waals surface area contributed by atoms with Crippen molar-refractivity contribution in [3.8, 4) is 11.5 Å². The molecule has 0 bridgehead atoms. The summed E-state index contributed by atoms with van der Waals surface area (Å²) in [6, 6.07) is 1.87. The number of fused-ring (bicyclic) bond motifs is 1. The number of hydrogen-bond donors (Lipinski definition) is 6. The number of thiazole rings is 1. The van der Waals surface area contributed by atoms with Crippen LogP contribution >= 0.6 is 34.9 Å². The lowest BCUT2D eigenvalue weighted by Gasteiger charge is -2.56. The molecule has 3 atom stereocenters. The number of phenols is 2. The van der Waals surface area contributed by atoms with Crippen molar-refractivity contribution in [2.45, 2.75) is 22.3 Å². The number of rotatable bonds is 10. The first-order valence-electron chi connectivity index (χ1n) is 12.1. The minimum atomic E-state index is -1.96. The molecular weight excluding hydrogens is 627 g/mol. The fourth-order valence-corrected chi connectivity index (χ4v) is 7.41. The summed E-state index contributed by atoms with van der Waals surface area (Å²) >= 11 is 3.40. The average molecular weight is 650 g/mol. The van der Waals surface area contributed by atoms with Gasteiger partial charge < -0.3 is 36.4 Å². The van der Waals surface area contributed by atoms with Crippen molar-refractivity contribution in [3.63, 3.8) is 0 Å².